The summed E-state index contributed by atoms with van der Waals surface area (Å²) in [4.78, 5) is 63.8. The Bertz CT molecular complexity index is 1430. The van der Waals surface area contributed by atoms with Crippen LogP contribution >= 0.6 is 0 Å². The van der Waals surface area contributed by atoms with Gasteiger partial charge >= 0.3 is 0 Å². The fraction of sp³-hybridized carbons (Fsp3) is 0.429. The van der Waals surface area contributed by atoms with Gasteiger partial charge in [0.25, 0.3) is 5.91 Å². The van der Waals surface area contributed by atoms with Crippen molar-refractivity contribution in [3.63, 3.8) is 0 Å². The minimum Gasteiger partial charge on any atom is -0.507 e. The molecule has 5 atom stereocenters. The van der Waals surface area contributed by atoms with Crippen LogP contribution in [0.15, 0.2) is 46.3 Å². The molecule has 4 rings (SSSR count). The van der Waals surface area contributed by atoms with Gasteiger partial charge in [-0.2, -0.15) is 0 Å². The summed E-state index contributed by atoms with van der Waals surface area (Å²) in [6, 6.07) is 2.77. The van der Waals surface area contributed by atoms with Crippen molar-refractivity contribution < 1.29 is 34.5 Å². The zero-order chi connectivity index (χ0) is 29.2. The largest absolute Gasteiger partial charge is 0.507 e. The lowest BCUT2D eigenvalue weighted by Gasteiger charge is -2.55. The molecule has 1 aromatic carbocycles. The van der Waals surface area contributed by atoms with Gasteiger partial charge in [0.15, 0.2) is 11.4 Å². The Morgan fingerprint density at radius 1 is 1.23 bits per heavy atom. The molecule has 11 nitrogen and oxygen atoms in total. The van der Waals surface area contributed by atoms with Crippen LogP contribution < -0.4 is 11.1 Å². The average Bonchev–Trinajstić information content (AvgIpc) is 2.83. The van der Waals surface area contributed by atoms with Crippen molar-refractivity contribution >= 4 is 29.5 Å². The van der Waals surface area contributed by atoms with Gasteiger partial charge in [0.1, 0.15) is 11.4 Å². The number of ketones is 2. The summed E-state index contributed by atoms with van der Waals surface area (Å²) in [6.45, 7) is 8.64. The summed E-state index contributed by atoms with van der Waals surface area (Å²) in [7, 11) is 0. The van der Waals surface area contributed by atoms with Crippen LogP contribution in [-0.4, -0.2) is 55.9 Å². The number of primary amides is 1. The number of nitrogens with two attached hydrogens (primary N) is 1. The quantitative estimate of drug-likeness (QED) is 0.217. The van der Waals surface area contributed by atoms with Crippen LogP contribution in [-0.2, 0) is 14.4 Å². The molecule has 2 amide bonds. The Morgan fingerprint density at radius 2 is 1.87 bits per heavy atom. The van der Waals surface area contributed by atoms with Crippen LogP contribution in [0.1, 0.15) is 68.4 Å². The smallest absolute Gasteiger partial charge is 0.252 e. The number of benzene rings is 1. The molecule has 0 saturated heterocycles. The number of nitrogens with zero attached hydrogens (tertiary/aromatic N) is 1. The van der Waals surface area contributed by atoms with E-state index in [1.54, 1.807) is 6.92 Å². The van der Waals surface area contributed by atoms with Gasteiger partial charge in [0.05, 0.1) is 17.2 Å². The van der Waals surface area contributed by atoms with Crippen molar-refractivity contribution in [3.05, 3.63) is 62.7 Å². The van der Waals surface area contributed by atoms with Gasteiger partial charge in [-0.1, -0.05) is 26.0 Å². The van der Waals surface area contributed by atoms with Crippen LogP contribution in [0, 0.1) is 16.2 Å². The van der Waals surface area contributed by atoms with Crippen molar-refractivity contribution in [1.29, 1.82) is 0 Å². The number of aliphatic hydroxyl groups is 2. The summed E-state index contributed by atoms with van der Waals surface area (Å²) < 4.78 is 0. The highest BCUT2D eigenvalue weighted by molar-refractivity contribution is 6.24. The fourth-order valence-electron chi connectivity index (χ4n) is 6.16. The predicted octanol–water partition coefficient (Wildman–Crippen LogP) is 1.75. The molecule has 0 fully saturated rings. The number of phenols is 1. The first kappa shape index (κ1) is 28.1. The average molecular weight is 538 g/mol. The number of carbonyl (C=O) groups excluding carboxylic acids is 4. The molecule has 3 aliphatic carbocycles. The van der Waals surface area contributed by atoms with Gasteiger partial charge in [-0.3, -0.25) is 19.2 Å². The lowest BCUT2D eigenvalue weighted by molar-refractivity contribution is -0.152. The number of nitrogens with one attached hydrogen (secondary N) is 1. The number of allylic oxidation sites excluding steroid dienone is 1. The van der Waals surface area contributed by atoms with E-state index in [9.17, 15) is 39.4 Å². The first-order chi connectivity index (χ1) is 18.0. The summed E-state index contributed by atoms with van der Waals surface area (Å²) in [5, 5.41) is 39.7. The van der Waals surface area contributed by atoms with Gasteiger partial charge in [-0.25, -0.2) is 0 Å². The van der Waals surface area contributed by atoms with E-state index < -0.39 is 74.6 Å². The number of rotatable bonds is 4. The molecule has 1 unspecified atom stereocenters. The molecule has 206 valence electrons. The molecule has 39 heavy (non-hydrogen) atoms. The highest BCUT2D eigenvalue weighted by Crippen LogP contribution is 2.61. The number of Topliss-reactive ketones (excluding diaryl/α,β-unsaturated/α-hetero) is 2. The second-order valence-electron chi connectivity index (χ2n) is 11.5. The maximum Gasteiger partial charge on any atom is 0.252 e. The first-order valence-corrected chi connectivity index (χ1v) is 12.5. The Kier molecular flexibility index (Phi) is 6.52. The third-order valence-corrected chi connectivity index (χ3v) is 8.15. The maximum atomic E-state index is 14.0. The summed E-state index contributed by atoms with van der Waals surface area (Å²) in [5.41, 5.74) is -0.815. The molecule has 6 N–H and O–H groups in total. The molecular weight excluding hydrogens is 506 g/mol. The molecule has 0 saturated carbocycles. The van der Waals surface area contributed by atoms with E-state index in [0.717, 1.165) is 0 Å². The van der Waals surface area contributed by atoms with Gasteiger partial charge in [-0.15, -0.1) is 4.91 Å². The van der Waals surface area contributed by atoms with Crippen molar-refractivity contribution in [3.8, 4) is 5.75 Å². The lowest BCUT2D eigenvalue weighted by atomic mass is 9.49. The molecule has 11 heteroatoms. The topological polar surface area (TPSA) is 196 Å². The highest BCUT2D eigenvalue weighted by atomic mass is 16.3. The molecule has 1 aromatic rings. The lowest BCUT2D eigenvalue weighted by Crippen LogP contribution is -2.64. The normalized spacial score (nSPS) is 30.3. The van der Waals surface area contributed by atoms with E-state index in [2.05, 4.69) is 10.5 Å². The number of hydrogen-bond acceptors (Lipinski definition) is 9. The fourth-order valence-corrected chi connectivity index (χ4v) is 6.16. The maximum absolute atomic E-state index is 14.0. The van der Waals surface area contributed by atoms with Crippen LogP contribution in [0.2, 0.25) is 0 Å². The molecule has 0 heterocycles. The molecule has 0 aromatic heterocycles. The second-order valence-corrected chi connectivity index (χ2v) is 11.5. The number of carbonyl (C=O) groups is 4. The number of amides is 2. The van der Waals surface area contributed by atoms with E-state index in [4.69, 9.17) is 5.73 Å². The number of aliphatic hydroxyl groups excluding tert-OH is 1. The van der Waals surface area contributed by atoms with Crippen molar-refractivity contribution in [2.75, 3.05) is 0 Å². The minimum atomic E-state index is -2.78. The summed E-state index contributed by atoms with van der Waals surface area (Å²) in [5.74, 6) is -6.20. The minimum absolute atomic E-state index is 0.197. The molecule has 3 aliphatic rings. The first-order valence-electron chi connectivity index (χ1n) is 12.5. The standard InChI is InChI=1S/C28H31N3O8/c1-12-18-13(7-11-17(33)30-26(2,3)4)6-10-16(32)19(18)21(34)20-22(31-39)28(38)15(24(36)27(12,20)5)9-8-14(23(28)35)25(29)37/h6-8,10-12,15,24,32,36,38H,9H2,1-5H3,(H2,29,37)(H,30,33)/b11-7+/t12-,15+,24+,27?,28-/m0/s1. The van der Waals surface area contributed by atoms with E-state index in [-0.39, 0.29) is 17.9 Å². The van der Waals surface area contributed by atoms with Crippen LogP contribution in [0.5, 0.6) is 5.75 Å². The van der Waals surface area contributed by atoms with Gasteiger partial charge < -0.3 is 26.4 Å². The van der Waals surface area contributed by atoms with E-state index in [1.807, 2.05) is 20.8 Å². The van der Waals surface area contributed by atoms with Crippen molar-refractivity contribution in [1.82, 2.24) is 5.32 Å². The summed E-state index contributed by atoms with van der Waals surface area (Å²) in [6.07, 6.45) is 2.20. The molecule has 0 radical (unpaired) electrons. The second kappa shape index (κ2) is 9.06. The van der Waals surface area contributed by atoms with Gasteiger partial charge in [0, 0.05) is 28.5 Å². The van der Waals surface area contributed by atoms with Crippen LogP contribution in [0.3, 0.4) is 0 Å². The van der Waals surface area contributed by atoms with E-state index in [1.165, 1.54) is 37.3 Å². The Hall–Kier alpha value is -3.96. The number of hydrogen-bond donors (Lipinski definition) is 5. The molecule has 0 bridgehead atoms. The highest BCUT2D eigenvalue weighted by Gasteiger charge is 2.67. The van der Waals surface area contributed by atoms with Crippen molar-refractivity contribution in [2.45, 2.75) is 64.2 Å². The number of fused-ring (bicyclic) bond motifs is 3. The molecule has 0 aliphatic heterocycles. The summed E-state index contributed by atoms with van der Waals surface area (Å²) >= 11 is 0. The number of aromatic hydroxyl groups is 1. The third-order valence-electron chi connectivity index (χ3n) is 8.15. The molecular formula is C28H31N3O8. The third kappa shape index (κ3) is 3.95. The number of phenolic OH excluding ortho intramolecular Hbond substituents is 1. The van der Waals surface area contributed by atoms with Crippen molar-refractivity contribution in [2.24, 2.45) is 22.2 Å². The Balaban J connectivity index is 1.97. The van der Waals surface area contributed by atoms with Crippen LogP contribution in [0.4, 0.5) is 0 Å². The zero-order valence-corrected chi connectivity index (χ0v) is 22.2. The SMILES string of the molecule is C[C@H]1c2c(/C=C/C(=O)NC(C)(C)C)ccc(O)c2C(=O)C2=C(N=O)[C@]3(O)C(=O)C(C(N)=O)=CC[C@@H]3[C@@H](O)C21C. The zero-order valence-electron chi connectivity index (χ0n) is 22.2. The predicted molar refractivity (Wildman–Crippen MR) is 140 cm³/mol. The van der Waals surface area contributed by atoms with E-state index in [0.29, 0.717) is 11.1 Å². The Morgan fingerprint density at radius 3 is 2.44 bits per heavy atom. The van der Waals surface area contributed by atoms with Gasteiger partial charge in [-0.05, 0) is 61.6 Å². The van der Waals surface area contributed by atoms with E-state index >= 15 is 0 Å². The monoisotopic (exact) mass is 537 g/mol. The van der Waals surface area contributed by atoms with Crippen LogP contribution in [0.25, 0.3) is 6.08 Å². The van der Waals surface area contributed by atoms with Gasteiger partial charge in [0.2, 0.25) is 11.7 Å². The molecule has 0 spiro atoms. The Labute approximate surface area is 224 Å². The number of nitroso groups, excluding NO2 is 1.